The number of halogens is 3. The summed E-state index contributed by atoms with van der Waals surface area (Å²) in [5.74, 6) is -1.41. The predicted octanol–water partition coefficient (Wildman–Crippen LogP) is 3.97. The number of rotatable bonds is 7. The standard InChI is InChI=1S/C23H22F2N6O3.ClH/c1-32-18-5-6-20(30-21(18)33-2)31-22-28-10-7-16(29-22)14-3-4-17(15(11-14)12-26)34-19-8-9-27-13-23(19,24)25;/h3-7,10-11,19,27H,8-9,13H2,1-2H3,(H,28,29,30,31);1H. The fraction of sp³-hybridized carbons (Fsp3) is 0.304. The second-order valence-corrected chi connectivity index (χ2v) is 7.45. The fourth-order valence-corrected chi connectivity index (χ4v) is 3.48. The van der Waals surface area contributed by atoms with E-state index in [1.54, 1.807) is 36.5 Å². The van der Waals surface area contributed by atoms with Crippen LogP contribution in [0, 0.1) is 11.3 Å². The molecule has 0 amide bonds. The van der Waals surface area contributed by atoms with Crippen molar-refractivity contribution in [2.75, 3.05) is 32.6 Å². The molecule has 0 spiro atoms. The minimum Gasteiger partial charge on any atom is -0.491 e. The molecule has 3 aromatic rings. The summed E-state index contributed by atoms with van der Waals surface area (Å²) in [4.78, 5) is 13.0. The Morgan fingerprint density at radius 2 is 1.91 bits per heavy atom. The van der Waals surface area contributed by atoms with Gasteiger partial charge in [0.05, 0.1) is 32.0 Å². The number of alkyl halides is 2. The molecule has 12 heteroatoms. The minimum atomic E-state index is -3.02. The third-order valence-corrected chi connectivity index (χ3v) is 5.21. The summed E-state index contributed by atoms with van der Waals surface area (Å²) in [6.07, 6.45) is 0.401. The van der Waals surface area contributed by atoms with E-state index in [1.165, 1.54) is 20.3 Å². The van der Waals surface area contributed by atoms with Crippen LogP contribution in [0.4, 0.5) is 20.5 Å². The molecule has 1 unspecified atom stereocenters. The van der Waals surface area contributed by atoms with Gasteiger partial charge in [0.1, 0.15) is 17.6 Å². The van der Waals surface area contributed by atoms with Crippen LogP contribution in [-0.4, -0.2) is 54.3 Å². The minimum absolute atomic E-state index is 0. The highest BCUT2D eigenvalue weighted by Gasteiger charge is 2.43. The Labute approximate surface area is 206 Å². The predicted molar refractivity (Wildman–Crippen MR) is 127 cm³/mol. The molecule has 1 aliphatic rings. The molecule has 4 rings (SSSR count). The van der Waals surface area contributed by atoms with Crippen LogP contribution in [0.15, 0.2) is 42.6 Å². The van der Waals surface area contributed by atoms with E-state index in [-0.39, 0.29) is 36.1 Å². The van der Waals surface area contributed by atoms with Crippen LogP contribution in [0.2, 0.25) is 0 Å². The second-order valence-electron chi connectivity index (χ2n) is 7.45. The highest BCUT2D eigenvalue weighted by Crippen LogP contribution is 2.32. The summed E-state index contributed by atoms with van der Waals surface area (Å²) >= 11 is 0. The highest BCUT2D eigenvalue weighted by atomic mass is 35.5. The van der Waals surface area contributed by atoms with E-state index >= 15 is 0 Å². The summed E-state index contributed by atoms with van der Waals surface area (Å²) in [5, 5.41) is 15.2. The molecule has 9 nitrogen and oxygen atoms in total. The van der Waals surface area contributed by atoms with Gasteiger partial charge in [-0.05, 0) is 42.9 Å². The first-order valence-electron chi connectivity index (χ1n) is 10.4. The lowest BCUT2D eigenvalue weighted by Crippen LogP contribution is -2.52. The van der Waals surface area contributed by atoms with Gasteiger partial charge in [0.25, 0.3) is 11.8 Å². The zero-order valence-corrected chi connectivity index (χ0v) is 19.7. The number of anilines is 2. The number of benzene rings is 1. The first-order chi connectivity index (χ1) is 16.4. The van der Waals surface area contributed by atoms with Crippen LogP contribution >= 0.6 is 12.4 Å². The van der Waals surface area contributed by atoms with Gasteiger partial charge < -0.3 is 24.8 Å². The first kappa shape index (κ1) is 25.9. The van der Waals surface area contributed by atoms with Crippen LogP contribution in [0.1, 0.15) is 12.0 Å². The van der Waals surface area contributed by atoms with Gasteiger partial charge in [0.2, 0.25) is 5.95 Å². The zero-order valence-electron chi connectivity index (χ0n) is 18.9. The van der Waals surface area contributed by atoms with Crippen LogP contribution in [-0.2, 0) is 0 Å². The number of piperidine rings is 1. The Hall–Kier alpha value is -3.75. The van der Waals surface area contributed by atoms with Crippen LogP contribution in [0.25, 0.3) is 11.3 Å². The van der Waals surface area contributed by atoms with Crippen molar-refractivity contribution < 1.29 is 23.0 Å². The molecule has 2 aromatic heterocycles. The Morgan fingerprint density at radius 3 is 2.63 bits per heavy atom. The molecule has 0 aliphatic carbocycles. The highest BCUT2D eigenvalue weighted by molar-refractivity contribution is 5.85. The molecular formula is C23H23ClF2N6O3. The van der Waals surface area contributed by atoms with Crippen molar-refractivity contribution in [2.24, 2.45) is 0 Å². The average Bonchev–Trinajstić information content (AvgIpc) is 2.85. The Kier molecular flexibility index (Phi) is 8.22. The summed E-state index contributed by atoms with van der Waals surface area (Å²) in [5.41, 5.74) is 1.27. The van der Waals surface area contributed by atoms with Gasteiger partial charge in [-0.15, -0.1) is 12.4 Å². The lowest BCUT2D eigenvalue weighted by Gasteiger charge is -2.32. The summed E-state index contributed by atoms with van der Waals surface area (Å²) < 4.78 is 44.2. The smallest absolute Gasteiger partial charge is 0.296 e. The van der Waals surface area contributed by atoms with Crippen LogP contribution < -0.4 is 24.8 Å². The SMILES string of the molecule is COc1ccc(Nc2nccc(-c3ccc(OC4CCNCC4(F)F)c(C#N)c3)n2)nc1OC.Cl. The summed E-state index contributed by atoms with van der Waals surface area (Å²) in [7, 11) is 3.00. The van der Waals surface area contributed by atoms with E-state index in [1.807, 2.05) is 6.07 Å². The van der Waals surface area contributed by atoms with Gasteiger partial charge in [0, 0.05) is 18.2 Å². The molecule has 3 heterocycles. The fourth-order valence-electron chi connectivity index (χ4n) is 3.48. The number of methoxy groups -OCH3 is 2. The van der Waals surface area contributed by atoms with E-state index < -0.39 is 18.6 Å². The molecule has 2 N–H and O–H groups in total. The first-order valence-corrected chi connectivity index (χ1v) is 10.4. The monoisotopic (exact) mass is 504 g/mol. The molecule has 0 saturated carbocycles. The van der Waals surface area contributed by atoms with Crippen molar-refractivity contribution >= 4 is 24.2 Å². The van der Waals surface area contributed by atoms with Gasteiger partial charge in [-0.1, -0.05) is 0 Å². The maximum absolute atomic E-state index is 14.1. The summed E-state index contributed by atoms with van der Waals surface area (Å²) in [6, 6.07) is 11.8. The molecule has 184 valence electrons. The van der Waals surface area contributed by atoms with Crippen molar-refractivity contribution in [3.05, 3.63) is 48.2 Å². The molecular weight excluding hydrogens is 482 g/mol. The Balaban J connectivity index is 0.00000342. The Morgan fingerprint density at radius 1 is 1.11 bits per heavy atom. The number of nitrogens with one attached hydrogen (secondary N) is 2. The van der Waals surface area contributed by atoms with Gasteiger partial charge in [0.15, 0.2) is 11.9 Å². The van der Waals surface area contributed by atoms with E-state index in [0.29, 0.717) is 35.2 Å². The van der Waals surface area contributed by atoms with Crippen molar-refractivity contribution in [2.45, 2.75) is 18.4 Å². The number of hydrogen-bond acceptors (Lipinski definition) is 9. The largest absolute Gasteiger partial charge is 0.491 e. The third-order valence-electron chi connectivity index (χ3n) is 5.21. The topological polar surface area (TPSA) is 114 Å². The molecule has 1 atom stereocenters. The quantitative estimate of drug-likeness (QED) is 0.493. The number of nitrogens with zero attached hydrogens (tertiary/aromatic N) is 4. The normalized spacial score (nSPS) is 16.4. The second kappa shape index (κ2) is 11.1. The van der Waals surface area contributed by atoms with Gasteiger partial charge in [-0.25, -0.2) is 18.7 Å². The molecule has 35 heavy (non-hydrogen) atoms. The molecule has 0 radical (unpaired) electrons. The molecule has 1 fully saturated rings. The van der Waals surface area contributed by atoms with E-state index in [9.17, 15) is 14.0 Å². The van der Waals surface area contributed by atoms with Crippen LogP contribution in [0.3, 0.4) is 0 Å². The number of aromatic nitrogens is 3. The average molecular weight is 505 g/mol. The molecule has 0 bridgehead atoms. The van der Waals surface area contributed by atoms with Crippen molar-refractivity contribution in [1.29, 1.82) is 5.26 Å². The lowest BCUT2D eigenvalue weighted by atomic mass is 10.0. The van der Waals surface area contributed by atoms with Gasteiger partial charge >= 0.3 is 0 Å². The van der Waals surface area contributed by atoms with Gasteiger partial charge in [-0.2, -0.15) is 10.2 Å². The van der Waals surface area contributed by atoms with Crippen LogP contribution in [0.5, 0.6) is 17.4 Å². The zero-order chi connectivity index (χ0) is 24.1. The Bertz CT molecular complexity index is 1220. The maximum Gasteiger partial charge on any atom is 0.296 e. The van der Waals surface area contributed by atoms with E-state index in [2.05, 4.69) is 25.6 Å². The third kappa shape index (κ3) is 5.85. The summed E-state index contributed by atoms with van der Waals surface area (Å²) in [6.45, 7) is -0.0326. The van der Waals surface area contributed by atoms with Crippen molar-refractivity contribution in [1.82, 2.24) is 20.3 Å². The van der Waals surface area contributed by atoms with Gasteiger partial charge in [-0.3, -0.25) is 0 Å². The number of pyridine rings is 1. The van der Waals surface area contributed by atoms with Crippen molar-refractivity contribution in [3.8, 4) is 34.7 Å². The number of hydrogen-bond donors (Lipinski definition) is 2. The number of nitriles is 1. The lowest BCUT2D eigenvalue weighted by molar-refractivity contribution is -0.109. The molecule has 1 aliphatic heterocycles. The number of ether oxygens (including phenoxy) is 3. The van der Waals surface area contributed by atoms with Crippen molar-refractivity contribution in [3.63, 3.8) is 0 Å². The van der Waals surface area contributed by atoms with E-state index in [4.69, 9.17) is 14.2 Å². The van der Waals surface area contributed by atoms with E-state index in [0.717, 1.165) is 0 Å². The molecule has 1 saturated heterocycles. The maximum atomic E-state index is 14.1. The molecule has 1 aromatic carbocycles.